The van der Waals surface area contributed by atoms with E-state index in [0.717, 1.165) is 36.8 Å². The molecule has 0 aliphatic carbocycles. The Morgan fingerprint density at radius 2 is 1.62 bits per heavy atom. The predicted octanol–water partition coefficient (Wildman–Crippen LogP) is 7.06. The molecule has 3 aromatic carbocycles. The molecule has 32 heavy (non-hydrogen) atoms. The van der Waals surface area contributed by atoms with Crippen LogP contribution >= 0.6 is 0 Å². The number of rotatable bonds is 11. The van der Waals surface area contributed by atoms with Crippen molar-refractivity contribution >= 4 is 5.97 Å². The summed E-state index contributed by atoms with van der Waals surface area (Å²) >= 11 is 0. The monoisotopic (exact) mass is 427 g/mol. The van der Waals surface area contributed by atoms with Crippen LogP contribution in [0.2, 0.25) is 0 Å². The van der Waals surface area contributed by atoms with Crippen molar-refractivity contribution in [3.05, 3.63) is 84.4 Å². The third kappa shape index (κ3) is 6.72. The zero-order valence-corrected chi connectivity index (χ0v) is 18.5. The molecule has 0 amide bonds. The first kappa shape index (κ1) is 23.1. The fourth-order valence-electron chi connectivity index (χ4n) is 3.49. The van der Waals surface area contributed by atoms with Crippen molar-refractivity contribution in [2.45, 2.75) is 39.0 Å². The quantitative estimate of drug-likeness (QED) is 0.187. The Bertz CT molecular complexity index is 1020. The molecule has 3 aromatic rings. The molecule has 4 heteroatoms. The lowest BCUT2D eigenvalue weighted by Crippen LogP contribution is -2.09. The normalized spacial score (nSPS) is 11.4. The van der Waals surface area contributed by atoms with Gasteiger partial charge in [0.1, 0.15) is 11.5 Å². The summed E-state index contributed by atoms with van der Waals surface area (Å²) in [6.07, 6.45) is 5.02. The minimum Gasteiger partial charge on any atom is -0.494 e. The van der Waals surface area contributed by atoms with Crippen molar-refractivity contribution in [3.63, 3.8) is 0 Å². The highest BCUT2D eigenvalue weighted by Crippen LogP contribution is 2.30. The number of para-hydroxylation sites is 1. The molecule has 4 nitrogen and oxygen atoms in total. The first-order valence-corrected chi connectivity index (χ1v) is 11.2. The lowest BCUT2D eigenvalue weighted by Gasteiger charge is -2.12. The topological polar surface area (TPSA) is 59.3 Å². The van der Waals surface area contributed by atoms with Crippen molar-refractivity contribution in [2.24, 2.45) is 5.92 Å². The maximum absolute atomic E-state index is 12.7. The maximum atomic E-state index is 12.7. The Morgan fingerprint density at radius 1 is 0.906 bits per heavy atom. The molecule has 0 radical (unpaired) electrons. The van der Waals surface area contributed by atoms with E-state index in [9.17, 15) is 10.1 Å². The van der Waals surface area contributed by atoms with Crippen molar-refractivity contribution in [2.75, 3.05) is 6.61 Å². The van der Waals surface area contributed by atoms with Crippen LogP contribution in [0, 0.1) is 17.2 Å². The summed E-state index contributed by atoms with van der Waals surface area (Å²) in [6, 6.07) is 26.6. The van der Waals surface area contributed by atoms with Crippen molar-refractivity contribution in [1.29, 1.82) is 5.26 Å². The molecule has 0 aromatic heterocycles. The van der Waals surface area contributed by atoms with Crippen LogP contribution in [-0.2, 0) is 0 Å². The molecule has 1 atom stereocenters. The Labute approximate surface area is 190 Å². The largest absolute Gasteiger partial charge is 0.494 e. The molecule has 0 bridgehead atoms. The highest BCUT2D eigenvalue weighted by Gasteiger charge is 2.13. The number of ether oxygens (including phenoxy) is 2. The zero-order chi connectivity index (χ0) is 22.6. The van der Waals surface area contributed by atoms with E-state index in [1.165, 1.54) is 0 Å². The summed E-state index contributed by atoms with van der Waals surface area (Å²) in [6.45, 7) is 2.64. The summed E-state index contributed by atoms with van der Waals surface area (Å²) in [5.74, 6) is 0.812. The molecule has 0 N–H and O–H groups in total. The van der Waals surface area contributed by atoms with Gasteiger partial charge in [-0.3, -0.25) is 0 Å². The Morgan fingerprint density at radius 3 is 2.34 bits per heavy atom. The van der Waals surface area contributed by atoms with Crippen molar-refractivity contribution in [1.82, 2.24) is 0 Å². The van der Waals surface area contributed by atoms with E-state index in [-0.39, 0.29) is 5.92 Å². The molecule has 0 aliphatic rings. The molecular formula is C28H29NO3. The van der Waals surface area contributed by atoms with E-state index >= 15 is 0 Å². The van der Waals surface area contributed by atoms with Crippen LogP contribution in [0.5, 0.6) is 11.5 Å². The number of nitrogens with zero attached hydrogens (tertiary/aromatic N) is 1. The van der Waals surface area contributed by atoms with Crippen LogP contribution in [0.15, 0.2) is 78.9 Å². The Kier molecular flexibility index (Phi) is 8.89. The average Bonchev–Trinajstić information content (AvgIpc) is 2.84. The summed E-state index contributed by atoms with van der Waals surface area (Å²) in [7, 11) is 0. The van der Waals surface area contributed by atoms with Gasteiger partial charge in [0, 0.05) is 11.5 Å². The summed E-state index contributed by atoms with van der Waals surface area (Å²) < 4.78 is 11.5. The van der Waals surface area contributed by atoms with Gasteiger partial charge in [-0.25, -0.2) is 4.79 Å². The fraction of sp³-hybridized carbons (Fsp3) is 0.286. The SMILES string of the molecule is CCCCCC(C#N)CCOc1ccc(C(=O)Oc2ccccc2-c2ccccc2)cc1. The Balaban J connectivity index is 1.56. The van der Waals surface area contributed by atoms with Crippen LogP contribution in [0.4, 0.5) is 0 Å². The third-order valence-electron chi connectivity index (χ3n) is 5.34. The molecule has 0 saturated heterocycles. The van der Waals surface area contributed by atoms with Crippen molar-refractivity contribution in [3.8, 4) is 28.7 Å². The number of carbonyl (C=O) groups is 1. The number of unbranched alkanes of at least 4 members (excludes halogenated alkanes) is 2. The fourth-order valence-corrected chi connectivity index (χ4v) is 3.49. The van der Waals surface area contributed by atoms with E-state index in [4.69, 9.17) is 9.47 Å². The van der Waals surface area contributed by atoms with Crippen LogP contribution in [0.1, 0.15) is 49.4 Å². The van der Waals surface area contributed by atoms with E-state index in [0.29, 0.717) is 30.1 Å². The van der Waals surface area contributed by atoms with E-state index < -0.39 is 5.97 Å². The molecule has 0 heterocycles. The van der Waals surface area contributed by atoms with Gasteiger partial charge < -0.3 is 9.47 Å². The average molecular weight is 428 g/mol. The van der Waals surface area contributed by atoms with Crippen LogP contribution in [0.3, 0.4) is 0 Å². The lowest BCUT2D eigenvalue weighted by atomic mass is 10.00. The van der Waals surface area contributed by atoms with E-state index in [1.54, 1.807) is 30.3 Å². The second-order valence-corrected chi connectivity index (χ2v) is 7.74. The van der Waals surface area contributed by atoms with Gasteiger partial charge in [0.15, 0.2) is 0 Å². The summed E-state index contributed by atoms with van der Waals surface area (Å²) in [5, 5.41) is 9.28. The molecule has 3 rings (SSSR count). The van der Waals surface area contributed by atoms with Crippen LogP contribution < -0.4 is 9.47 Å². The third-order valence-corrected chi connectivity index (χ3v) is 5.34. The number of hydrogen-bond acceptors (Lipinski definition) is 4. The smallest absolute Gasteiger partial charge is 0.343 e. The molecule has 0 fully saturated rings. The number of esters is 1. The van der Waals surface area contributed by atoms with E-state index in [2.05, 4.69) is 13.0 Å². The highest BCUT2D eigenvalue weighted by molar-refractivity contribution is 5.92. The predicted molar refractivity (Wildman–Crippen MR) is 127 cm³/mol. The van der Waals surface area contributed by atoms with Gasteiger partial charge in [-0.2, -0.15) is 5.26 Å². The van der Waals surface area contributed by atoms with Crippen molar-refractivity contribution < 1.29 is 14.3 Å². The minimum absolute atomic E-state index is 0.0282. The molecule has 164 valence electrons. The molecule has 1 unspecified atom stereocenters. The second kappa shape index (κ2) is 12.3. The van der Waals surface area contributed by atoms with Gasteiger partial charge in [0.2, 0.25) is 0 Å². The number of nitriles is 1. The summed E-state index contributed by atoms with van der Waals surface area (Å²) in [5.41, 5.74) is 2.31. The van der Waals surface area contributed by atoms with Gasteiger partial charge in [-0.15, -0.1) is 0 Å². The minimum atomic E-state index is -0.416. The molecule has 0 saturated carbocycles. The standard InChI is InChI=1S/C28H29NO3/c1-2-3-5-10-22(21-29)19-20-31-25-17-15-24(16-18-25)28(30)32-27-14-9-8-13-26(27)23-11-6-4-7-12-23/h4,6-9,11-18,22H,2-3,5,10,19-20H2,1H3. The molecule has 0 spiro atoms. The van der Waals surface area contributed by atoms with E-state index in [1.807, 2.05) is 48.5 Å². The van der Waals surface area contributed by atoms with Gasteiger partial charge in [0.25, 0.3) is 0 Å². The lowest BCUT2D eigenvalue weighted by molar-refractivity contribution is 0.0735. The Hall–Kier alpha value is -3.58. The number of hydrogen-bond donors (Lipinski definition) is 0. The van der Waals surface area contributed by atoms with Gasteiger partial charge >= 0.3 is 5.97 Å². The molecule has 0 aliphatic heterocycles. The highest BCUT2D eigenvalue weighted by atomic mass is 16.5. The summed E-state index contributed by atoms with van der Waals surface area (Å²) in [4.78, 5) is 12.7. The van der Waals surface area contributed by atoms with Gasteiger partial charge in [-0.05, 0) is 48.7 Å². The number of benzene rings is 3. The van der Waals surface area contributed by atoms with Crippen LogP contribution in [-0.4, -0.2) is 12.6 Å². The molecular weight excluding hydrogens is 398 g/mol. The first-order chi connectivity index (χ1) is 15.7. The first-order valence-electron chi connectivity index (χ1n) is 11.2. The van der Waals surface area contributed by atoms with Gasteiger partial charge in [-0.1, -0.05) is 74.7 Å². The van der Waals surface area contributed by atoms with Gasteiger partial charge in [0.05, 0.1) is 18.2 Å². The van der Waals surface area contributed by atoms with Crippen LogP contribution in [0.25, 0.3) is 11.1 Å². The maximum Gasteiger partial charge on any atom is 0.343 e. The zero-order valence-electron chi connectivity index (χ0n) is 18.5. The second-order valence-electron chi connectivity index (χ2n) is 7.74. The number of carbonyl (C=O) groups excluding carboxylic acids is 1.